The van der Waals surface area contributed by atoms with Gasteiger partial charge in [-0.1, -0.05) is 24.3 Å². The first kappa shape index (κ1) is 14.7. The zero-order chi connectivity index (χ0) is 16.4. The van der Waals surface area contributed by atoms with Crippen molar-refractivity contribution in [2.24, 2.45) is 5.73 Å². The van der Waals surface area contributed by atoms with Gasteiger partial charge in [-0.15, -0.1) is 0 Å². The molecule has 114 valence electrons. The van der Waals surface area contributed by atoms with Crippen molar-refractivity contribution in [3.05, 3.63) is 59.9 Å². The number of benzene rings is 1. The molecule has 5 heteroatoms. The minimum absolute atomic E-state index is 0.0367. The summed E-state index contributed by atoms with van der Waals surface area (Å²) in [5.74, 6) is -0.460. The molecule has 0 atom stereocenters. The van der Waals surface area contributed by atoms with E-state index in [-0.39, 0.29) is 5.78 Å². The molecular weight excluding hydrogens is 290 g/mol. The molecule has 0 saturated carbocycles. The van der Waals surface area contributed by atoms with E-state index in [0.717, 1.165) is 27.7 Å². The number of carbonyl (C=O) groups is 2. The number of carbonyl (C=O) groups excluding carboxylic acids is 2. The summed E-state index contributed by atoms with van der Waals surface area (Å²) in [5.41, 5.74) is 9.28. The van der Waals surface area contributed by atoms with Crippen LogP contribution in [-0.4, -0.2) is 21.7 Å². The number of H-pyrrole nitrogens is 1. The molecule has 0 aliphatic heterocycles. The molecule has 5 nitrogen and oxygen atoms in total. The third kappa shape index (κ3) is 3.03. The number of nitrogens with two attached hydrogens (primary N) is 1. The maximum Gasteiger partial charge on any atom is 0.241 e. The predicted octanol–water partition coefficient (Wildman–Crippen LogP) is 2.93. The van der Waals surface area contributed by atoms with Crippen molar-refractivity contribution >= 4 is 28.8 Å². The highest BCUT2D eigenvalue weighted by molar-refractivity contribution is 5.96. The lowest BCUT2D eigenvalue weighted by Crippen LogP contribution is -2.04. The maximum atomic E-state index is 11.3. The van der Waals surface area contributed by atoms with E-state index in [1.54, 1.807) is 37.5 Å². The number of amides is 1. The molecule has 0 unspecified atom stereocenters. The second kappa shape index (κ2) is 5.88. The molecule has 0 fully saturated rings. The molecule has 3 aromatic rings. The second-order valence-corrected chi connectivity index (χ2v) is 5.23. The fourth-order valence-electron chi connectivity index (χ4n) is 2.39. The number of pyridine rings is 1. The highest BCUT2D eigenvalue weighted by atomic mass is 16.1. The van der Waals surface area contributed by atoms with Crippen LogP contribution in [0.1, 0.15) is 22.8 Å². The van der Waals surface area contributed by atoms with Crippen molar-refractivity contribution in [3.8, 4) is 11.1 Å². The fourth-order valence-corrected chi connectivity index (χ4v) is 2.39. The Morgan fingerprint density at radius 1 is 1.17 bits per heavy atom. The average Bonchev–Trinajstić information content (AvgIpc) is 2.95. The molecule has 1 amide bonds. The van der Waals surface area contributed by atoms with Crippen LogP contribution in [0.2, 0.25) is 0 Å². The van der Waals surface area contributed by atoms with E-state index in [1.807, 2.05) is 18.2 Å². The summed E-state index contributed by atoms with van der Waals surface area (Å²) < 4.78 is 0. The third-order valence-corrected chi connectivity index (χ3v) is 3.62. The second-order valence-electron chi connectivity index (χ2n) is 5.23. The van der Waals surface area contributed by atoms with Crippen LogP contribution in [0.5, 0.6) is 0 Å². The third-order valence-electron chi connectivity index (χ3n) is 3.62. The van der Waals surface area contributed by atoms with E-state index in [4.69, 9.17) is 5.73 Å². The first-order chi connectivity index (χ1) is 11.0. The molecule has 3 rings (SSSR count). The van der Waals surface area contributed by atoms with Gasteiger partial charge in [0.15, 0.2) is 5.78 Å². The summed E-state index contributed by atoms with van der Waals surface area (Å²) in [6.45, 7) is 1.54. The Morgan fingerprint density at radius 2 is 1.91 bits per heavy atom. The Balaban J connectivity index is 2.03. The summed E-state index contributed by atoms with van der Waals surface area (Å²) in [4.78, 5) is 29.7. The number of aromatic amines is 1. The number of aromatic nitrogens is 2. The smallest absolute Gasteiger partial charge is 0.241 e. The Kier molecular flexibility index (Phi) is 3.76. The van der Waals surface area contributed by atoms with E-state index in [9.17, 15) is 9.59 Å². The van der Waals surface area contributed by atoms with E-state index >= 15 is 0 Å². The van der Waals surface area contributed by atoms with Gasteiger partial charge in [-0.3, -0.25) is 9.59 Å². The van der Waals surface area contributed by atoms with E-state index < -0.39 is 5.91 Å². The maximum absolute atomic E-state index is 11.3. The predicted molar refractivity (Wildman–Crippen MR) is 89.8 cm³/mol. The average molecular weight is 305 g/mol. The zero-order valence-electron chi connectivity index (χ0n) is 12.5. The molecule has 0 aliphatic rings. The van der Waals surface area contributed by atoms with Gasteiger partial charge in [0.1, 0.15) is 5.65 Å². The Labute approximate surface area is 132 Å². The first-order valence-electron chi connectivity index (χ1n) is 7.10. The van der Waals surface area contributed by atoms with Gasteiger partial charge in [0.2, 0.25) is 5.91 Å². The van der Waals surface area contributed by atoms with Gasteiger partial charge in [0, 0.05) is 40.5 Å². The lowest BCUT2D eigenvalue weighted by Gasteiger charge is -2.03. The number of Topliss-reactive ketones (excluding diaryl/α,β-unsaturated/α-hetero) is 1. The van der Waals surface area contributed by atoms with E-state index in [0.29, 0.717) is 5.56 Å². The number of rotatable bonds is 4. The zero-order valence-corrected chi connectivity index (χ0v) is 12.5. The number of ketones is 1. The topological polar surface area (TPSA) is 88.8 Å². The number of fused-ring (bicyclic) bond motifs is 1. The van der Waals surface area contributed by atoms with Gasteiger partial charge in [0.05, 0.1) is 0 Å². The first-order valence-corrected chi connectivity index (χ1v) is 7.10. The lowest BCUT2D eigenvalue weighted by molar-refractivity contribution is -0.113. The minimum atomic E-state index is -0.497. The van der Waals surface area contributed by atoms with Gasteiger partial charge in [-0.05, 0) is 24.6 Å². The molecule has 3 N–H and O–H groups in total. The standard InChI is InChI=1S/C18H15N3O2/c1-11(22)12-2-4-13(5-3-12)15-8-16-14(6-7-17(19)23)9-20-18(16)21-10-15/h2-10H,1H3,(H2,19,23)(H,20,21)/b7-6+. The summed E-state index contributed by atoms with van der Waals surface area (Å²) >= 11 is 0. The Bertz CT molecular complexity index is 921. The Hall–Kier alpha value is -3.21. The Morgan fingerprint density at radius 3 is 2.57 bits per heavy atom. The number of nitrogens with zero attached hydrogens (tertiary/aromatic N) is 1. The molecule has 2 aromatic heterocycles. The normalized spacial score (nSPS) is 11.2. The lowest BCUT2D eigenvalue weighted by atomic mass is 10.0. The van der Waals surface area contributed by atoms with Crippen molar-refractivity contribution in [3.63, 3.8) is 0 Å². The van der Waals surface area contributed by atoms with Gasteiger partial charge in [0.25, 0.3) is 0 Å². The van der Waals surface area contributed by atoms with Crippen LogP contribution in [0.3, 0.4) is 0 Å². The molecule has 1 aromatic carbocycles. The summed E-state index contributed by atoms with van der Waals surface area (Å²) in [6, 6.07) is 9.37. The molecule has 23 heavy (non-hydrogen) atoms. The molecular formula is C18H15N3O2. The van der Waals surface area contributed by atoms with Gasteiger partial charge >= 0.3 is 0 Å². The van der Waals surface area contributed by atoms with Crippen LogP contribution in [0.25, 0.3) is 28.2 Å². The molecule has 0 spiro atoms. The van der Waals surface area contributed by atoms with Crippen LogP contribution in [0, 0.1) is 0 Å². The van der Waals surface area contributed by atoms with Crippen molar-refractivity contribution in [2.75, 3.05) is 0 Å². The van der Waals surface area contributed by atoms with Gasteiger partial charge in [-0.2, -0.15) is 0 Å². The molecule has 2 heterocycles. The summed E-state index contributed by atoms with van der Waals surface area (Å²) in [7, 11) is 0. The van der Waals surface area contributed by atoms with Crippen molar-refractivity contribution in [1.82, 2.24) is 9.97 Å². The van der Waals surface area contributed by atoms with Crippen LogP contribution < -0.4 is 5.73 Å². The van der Waals surface area contributed by atoms with Crippen molar-refractivity contribution in [2.45, 2.75) is 6.92 Å². The molecule has 0 saturated heterocycles. The quantitative estimate of drug-likeness (QED) is 0.573. The summed E-state index contributed by atoms with van der Waals surface area (Å²) in [5, 5.41) is 0.899. The highest BCUT2D eigenvalue weighted by Gasteiger charge is 2.06. The largest absolute Gasteiger partial charge is 0.366 e. The van der Waals surface area contributed by atoms with E-state index in [2.05, 4.69) is 9.97 Å². The fraction of sp³-hybridized carbons (Fsp3) is 0.0556. The van der Waals surface area contributed by atoms with E-state index in [1.165, 1.54) is 6.08 Å². The molecule has 0 radical (unpaired) electrons. The minimum Gasteiger partial charge on any atom is -0.366 e. The van der Waals surface area contributed by atoms with Gasteiger partial charge < -0.3 is 10.7 Å². The van der Waals surface area contributed by atoms with Crippen LogP contribution in [-0.2, 0) is 4.79 Å². The van der Waals surface area contributed by atoms with Crippen LogP contribution >= 0.6 is 0 Å². The van der Waals surface area contributed by atoms with Crippen LogP contribution in [0.15, 0.2) is 48.8 Å². The van der Waals surface area contributed by atoms with Gasteiger partial charge in [-0.25, -0.2) is 4.98 Å². The SMILES string of the molecule is CC(=O)c1ccc(-c2cnc3[nH]cc(/C=C/C(N)=O)c3c2)cc1. The number of hydrogen-bond donors (Lipinski definition) is 2. The molecule has 0 aliphatic carbocycles. The van der Waals surface area contributed by atoms with Crippen molar-refractivity contribution < 1.29 is 9.59 Å². The van der Waals surface area contributed by atoms with Crippen molar-refractivity contribution in [1.29, 1.82) is 0 Å². The monoisotopic (exact) mass is 305 g/mol. The van der Waals surface area contributed by atoms with Crippen LogP contribution in [0.4, 0.5) is 0 Å². The number of primary amides is 1. The number of hydrogen-bond acceptors (Lipinski definition) is 3. The summed E-state index contributed by atoms with van der Waals surface area (Å²) in [6.07, 6.45) is 6.52. The molecule has 0 bridgehead atoms. The highest BCUT2D eigenvalue weighted by Crippen LogP contribution is 2.25. The number of nitrogens with one attached hydrogen (secondary N) is 1.